The molecule has 0 spiro atoms. The van der Waals surface area contributed by atoms with Gasteiger partial charge in [-0.1, -0.05) is 25.2 Å². The summed E-state index contributed by atoms with van der Waals surface area (Å²) in [6, 6.07) is 0.600. The second-order valence-electron chi connectivity index (χ2n) is 3.39. The van der Waals surface area contributed by atoms with Gasteiger partial charge in [-0.25, -0.2) is 0 Å². The summed E-state index contributed by atoms with van der Waals surface area (Å²) in [5, 5.41) is 0. The summed E-state index contributed by atoms with van der Waals surface area (Å²) >= 11 is 4.13. The Bertz CT molecular complexity index is 186. The van der Waals surface area contributed by atoms with E-state index in [0.29, 0.717) is 6.04 Å². The van der Waals surface area contributed by atoms with Gasteiger partial charge in [0.2, 0.25) is 0 Å². The highest BCUT2D eigenvalue weighted by molar-refractivity contribution is 7.84. The number of hydrogen-bond acceptors (Lipinski definition) is 2. The van der Waals surface area contributed by atoms with Crippen molar-refractivity contribution in [2.75, 3.05) is 13.6 Å². The van der Waals surface area contributed by atoms with E-state index in [0.717, 1.165) is 4.91 Å². The molecular weight excluding hydrogens is 166 g/mol. The highest BCUT2D eigenvalue weighted by atomic mass is 32.1. The maximum absolute atomic E-state index is 4.13. The van der Waals surface area contributed by atoms with Crippen molar-refractivity contribution in [2.24, 2.45) is 0 Å². The van der Waals surface area contributed by atoms with E-state index < -0.39 is 0 Å². The van der Waals surface area contributed by atoms with Crippen LogP contribution in [0, 0.1) is 0 Å². The summed E-state index contributed by atoms with van der Waals surface area (Å²) < 4.78 is 0. The SMILES string of the molecule is C=C(S)/C=C/C1CCCCN1C. The number of rotatable bonds is 2. The molecule has 0 radical (unpaired) electrons. The van der Waals surface area contributed by atoms with Gasteiger partial charge in [-0.05, 0) is 31.3 Å². The van der Waals surface area contributed by atoms with Crippen molar-refractivity contribution < 1.29 is 0 Å². The number of piperidine rings is 1. The van der Waals surface area contributed by atoms with Gasteiger partial charge >= 0.3 is 0 Å². The lowest BCUT2D eigenvalue weighted by atomic mass is 10.0. The molecule has 0 N–H and O–H groups in total. The van der Waals surface area contributed by atoms with Crippen LogP contribution in [0.2, 0.25) is 0 Å². The standard InChI is InChI=1S/C10H17NS/c1-9(12)6-7-10-5-3-4-8-11(10)2/h6-7,10,12H,1,3-5,8H2,2H3/b7-6+. The van der Waals surface area contributed by atoms with Crippen molar-refractivity contribution >= 4 is 12.6 Å². The third kappa shape index (κ3) is 3.03. The van der Waals surface area contributed by atoms with Crippen LogP contribution in [0.3, 0.4) is 0 Å². The lowest BCUT2D eigenvalue weighted by Gasteiger charge is -2.30. The van der Waals surface area contributed by atoms with E-state index in [1.54, 1.807) is 0 Å². The lowest BCUT2D eigenvalue weighted by molar-refractivity contribution is 0.222. The molecule has 12 heavy (non-hydrogen) atoms. The average molecular weight is 183 g/mol. The van der Waals surface area contributed by atoms with Gasteiger partial charge in [0.25, 0.3) is 0 Å². The van der Waals surface area contributed by atoms with Crippen LogP contribution in [0.1, 0.15) is 19.3 Å². The molecule has 0 bridgehead atoms. The number of thiol groups is 1. The molecule has 1 rings (SSSR count). The zero-order valence-electron chi connectivity index (χ0n) is 7.66. The van der Waals surface area contributed by atoms with Crippen LogP contribution < -0.4 is 0 Å². The molecule has 0 aliphatic carbocycles. The van der Waals surface area contributed by atoms with Gasteiger partial charge in [0.1, 0.15) is 0 Å². The van der Waals surface area contributed by atoms with E-state index >= 15 is 0 Å². The Morgan fingerprint density at radius 3 is 2.92 bits per heavy atom. The van der Waals surface area contributed by atoms with Gasteiger partial charge in [0.15, 0.2) is 0 Å². The van der Waals surface area contributed by atoms with Crippen LogP contribution in [0.4, 0.5) is 0 Å². The van der Waals surface area contributed by atoms with Gasteiger partial charge in [0.05, 0.1) is 0 Å². The Kier molecular flexibility index (Phi) is 3.89. The first-order valence-electron chi connectivity index (χ1n) is 4.46. The first-order chi connectivity index (χ1) is 5.70. The molecule has 0 saturated carbocycles. The number of hydrogen-bond donors (Lipinski definition) is 1. The highest BCUT2D eigenvalue weighted by Crippen LogP contribution is 2.16. The molecule has 1 aliphatic rings. The van der Waals surface area contributed by atoms with Crippen LogP contribution in [0.5, 0.6) is 0 Å². The maximum Gasteiger partial charge on any atom is 0.0278 e. The molecule has 0 aromatic rings. The van der Waals surface area contributed by atoms with Crippen LogP contribution in [0.25, 0.3) is 0 Å². The monoisotopic (exact) mass is 183 g/mol. The molecule has 1 atom stereocenters. The quantitative estimate of drug-likeness (QED) is 0.508. The van der Waals surface area contributed by atoms with E-state index in [2.05, 4.69) is 37.2 Å². The van der Waals surface area contributed by atoms with Gasteiger partial charge in [-0.15, -0.1) is 12.6 Å². The normalized spacial score (nSPS) is 26.3. The summed E-state index contributed by atoms with van der Waals surface area (Å²) in [5.74, 6) is 0. The van der Waals surface area contributed by atoms with Crippen molar-refractivity contribution in [3.8, 4) is 0 Å². The Morgan fingerprint density at radius 2 is 2.33 bits per heavy atom. The summed E-state index contributed by atoms with van der Waals surface area (Å²) in [5.41, 5.74) is 0. The molecular formula is C10H17NS. The topological polar surface area (TPSA) is 3.24 Å². The van der Waals surface area contributed by atoms with Crippen molar-refractivity contribution in [2.45, 2.75) is 25.3 Å². The van der Waals surface area contributed by atoms with Crippen LogP contribution in [-0.4, -0.2) is 24.5 Å². The predicted octanol–water partition coefficient (Wildman–Crippen LogP) is 2.47. The third-order valence-electron chi connectivity index (χ3n) is 2.34. The zero-order valence-corrected chi connectivity index (χ0v) is 8.56. The fraction of sp³-hybridized carbons (Fsp3) is 0.600. The number of likely N-dealkylation sites (tertiary alicyclic amines) is 1. The van der Waals surface area contributed by atoms with E-state index in [9.17, 15) is 0 Å². The molecule has 1 unspecified atom stereocenters. The average Bonchev–Trinajstić information content (AvgIpc) is 2.03. The summed E-state index contributed by atoms with van der Waals surface area (Å²) in [4.78, 5) is 3.23. The molecule has 1 aliphatic heterocycles. The molecule has 2 heteroatoms. The van der Waals surface area contributed by atoms with Gasteiger partial charge < -0.3 is 0 Å². The predicted molar refractivity (Wildman–Crippen MR) is 57.5 cm³/mol. The summed E-state index contributed by atoms with van der Waals surface area (Å²) in [7, 11) is 2.18. The summed E-state index contributed by atoms with van der Waals surface area (Å²) in [6.45, 7) is 4.94. The van der Waals surface area contributed by atoms with Gasteiger partial charge in [-0.2, -0.15) is 0 Å². The van der Waals surface area contributed by atoms with Crippen molar-refractivity contribution in [1.29, 1.82) is 0 Å². The van der Waals surface area contributed by atoms with Crippen molar-refractivity contribution in [3.05, 3.63) is 23.6 Å². The Hall–Kier alpha value is -0.210. The first-order valence-corrected chi connectivity index (χ1v) is 4.91. The van der Waals surface area contributed by atoms with Crippen LogP contribution in [-0.2, 0) is 0 Å². The van der Waals surface area contributed by atoms with E-state index in [4.69, 9.17) is 0 Å². The molecule has 0 amide bonds. The molecule has 1 saturated heterocycles. The molecule has 1 heterocycles. The Balaban J connectivity index is 2.43. The van der Waals surface area contributed by atoms with Crippen LogP contribution in [0.15, 0.2) is 23.6 Å². The Labute approximate surface area is 80.6 Å². The molecule has 1 fully saturated rings. The fourth-order valence-corrected chi connectivity index (χ4v) is 1.65. The molecule has 1 nitrogen and oxygen atoms in total. The van der Waals surface area contributed by atoms with E-state index in [-0.39, 0.29) is 0 Å². The molecule has 0 aromatic heterocycles. The molecule has 68 valence electrons. The van der Waals surface area contributed by atoms with E-state index in [1.807, 2.05) is 6.08 Å². The first kappa shape index (κ1) is 9.87. The third-order valence-corrected chi connectivity index (χ3v) is 2.49. The summed E-state index contributed by atoms with van der Waals surface area (Å²) in [6.07, 6.45) is 8.15. The lowest BCUT2D eigenvalue weighted by Crippen LogP contribution is -2.34. The largest absolute Gasteiger partial charge is 0.300 e. The van der Waals surface area contributed by atoms with Crippen molar-refractivity contribution in [1.82, 2.24) is 4.90 Å². The number of nitrogens with zero attached hydrogens (tertiary/aromatic N) is 1. The van der Waals surface area contributed by atoms with Crippen LogP contribution >= 0.6 is 12.6 Å². The minimum absolute atomic E-state index is 0.600. The fourth-order valence-electron chi connectivity index (χ4n) is 1.57. The smallest absolute Gasteiger partial charge is 0.0278 e. The number of likely N-dealkylation sites (N-methyl/N-ethyl adjacent to an activating group) is 1. The molecule has 0 aromatic carbocycles. The van der Waals surface area contributed by atoms with Gasteiger partial charge in [-0.3, -0.25) is 4.90 Å². The maximum atomic E-state index is 4.13. The minimum atomic E-state index is 0.600. The second kappa shape index (κ2) is 4.73. The van der Waals surface area contributed by atoms with Crippen molar-refractivity contribution in [3.63, 3.8) is 0 Å². The Morgan fingerprint density at radius 1 is 1.58 bits per heavy atom. The van der Waals surface area contributed by atoms with Gasteiger partial charge in [0, 0.05) is 6.04 Å². The minimum Gasteiger partial charge on any atom is -0.300 e. The highest BCUT2D eigenvalue weighted by Gasteiger charge is 2.15. The zero-order chi connectivity index (χ0) is 8.97. The number of allylic oxidation sites excluding steroid dienone is 1. The second-order valence-corrected chi connectivity index (χ2v) is 3.97. The van der Waals surface area contributed by atoms with E-state index in [1.165, 1.54) is 25.8 Å².